The van der Waals surface area contributed by atoms with Crippen molar-refractivity contribution in [1.82, 2.24) is 14.7 Å². The highest BCUT2D eigenvalue weighted by Crippen LogP contribution is 2.28. The number of hydrogen-bond donors (Lipinski definition) is 0. The van der Waals surface area contributed by atoms with Crippen LogP contribution in [0.5, 0.6) is 5.75 Å². The lowest BCUT2D eigenvalue weighted by molar-refractivity contribution is 0.238. The van der Waals surface area contributed by atoms with Crippen LogP contribution in [0.1, 0.15) is 16.7 Å². The molecule has 1 aromatic heterocycles. The minimum absolute atomic E-state index is 0.112. The summed E-state index contributed by atoms with van der Waals surface area (Å²) in [6.07, 6.45) is 0. The fourth-order valence-electron chi connectivity index (χ4n) is 3.96. The average molecular weight is 448 g/mol. The molecular formula is C26H26ClN3O2. The molecule has 0 amide bonds. The van der Waals surface area contributed by atoms with Gasteiger partial charge in [0.25, 0.3) is 5.56 Å². The smallest absolute Gasteiger partial charge is 0.275 e. The molecule has 0 atom stereocenters. The summed E-state index contributed by atoms with van der Waals surface area (Å²) in [5, 5.41) is 6.99. The standard InChI is InChI=1S/C26H26ClN3O2/c1-17-9-10-18(2)23(13-17)25-21-7-5-6-8-22(21)26(31)30(28-25)16-29(3)15-19-14-20(27)11-12-24(19)32-4/h5-14H,15-16H2,1-4H3. The molecule has 0 saturated carbocycles. The van der Waals surface area contributed by atoms with Gasteiger partial charge >= 0.3 is 0 Å². The number of rotatable bonds is 6. The number of fused-ring (bicyclic) bond motifs is 1. The Kier molecular flexibility index (Phi) is 6.31. The molecule has 164 valence electrons. The lowest BCUT2D eigenvalue weighted by Gasteiger charge is -2.20. The monoisotopic (exact) mass is 447 g/mol. The lowest BCUT2D eigenvalue weighted by Crippen LogP contribution is -2.32. The van der Waals surface area contributed by atoms with Crippen molar-refractivity contribution >= 4 is 22.4 Å². The van der Waals surface area contributed by atoms with Gasteiger partial charge in [-0.3, -0.25) is 9.69 Å². The van der Waals surface area contributed by atoms with Gasteiger partial charge < -0.3 is 4.74 Å². The van der Waals surface area contributed by atoms with E-state index in [9.17, 15) is 4.79 Å². The van der Waals surface area contributed by atoms with Gasteiger partial charge in [0.1, 0.15) is 5.75 Å². The highest BCUT2D eigenvalue weighted by molar-refractivity contribution is 6.30. The van der Waals surface area contributed by atoms with E-state index in [0.29, 0.717) is 23.6 Å². The van der Waals surface area contributed by atoms with Crippen LogP contribution < -0.4 is 10.3 Å². The summed E-state index contributed by atoms with van der Waals surface area (Å²) in [6.45, 7) is 5.02. The van der Waals surface area contributed by atoms with Crippen LogP contribution in [0.4, 0.5) is 0 Å². The van der Waals surface area contributed by atoms with E-state index in [-0.39, 0.29) is 5.56 Å². The molecule has 0 radical (unpaired) electrons. The number of ether oxygens (including phenoxy) is 1. The molecule has 0 aliphatic carbocycles. The molecule has 0 unspecified atom stereocenters. The van der Waals surface area contributed by atoms with Crippen LogP contribution >= 0.6 is 11.6 Å². The highest BCUT2D eigenvalue weighted by atomic mass is 35.5. The first-order chi connectivity index (χ1) is 15.4. The molecule has 4 aromatic rings. The summed E-state index contributed by atoms with van der Waals surface area (Å²) in [4.78, 5) is 15.3. The van der Waals surface area contributed by atoms with Gasteiger partial charge in [-0.25, -0.2) is 4.68 Å². The zero-order valence-corrected chi connectivity index (χ0v) is 19.5. The van der Waals surface area contributed by atoms with E-state index in [2.05, 4.69) is 32.0 Å². The van der Waals surface area contributed by atoms with E-state index in [1.807, 2.05) is 48.3 Å². The number of hydrogen-bond acceptors (Lipinski definition) is 4. The van der Waals surface area contributed by atoms with Gasteiger partial charge in [0.2, 0.25) is 0 Å². The predicted molar refractivity (Wildman–Crippen MR) is 130 cm³/mol. The van der Waals surface area contributed by atoms with Crippen LogP contribution in [-0.2, 0) is 13.2 Å². The average Bonchev–Trinajstić information content (AvgIpc) is 2.78. The quantitative estimate of drug-likeness (QED) is 0.395. The molecule has 0 spiro atoms. The Morgan fingerprint density at radius 2 is 1.78 bits per heavy atom. The maximum Gasteiger partial charge on any atom is 0.275 e. The van der Waals surface area contributed by atoms with E-state index in [0.717, 1.165) is 39.1 Å². The maximum atomic E-state index is 13.3. The molecule has 32 heavy (non-hydrogen) atoms. The molecule has 5 nitrogen and oxygen atoms in total. The van der Waals surface area contributed by atoms with Gasteiger partial charge in [-0.05, 0) is 56.8 Å². The van der Waals surface area contributed by atoms with E-state index in [4.69, 9.17) is 21.4 Å². The molecule has 1 heterocycles. The summed E-state index contributed by atoms with van der Waals surface area (Å²) in [5.74, 6) is 0.760. The second-order valence-electron chi connectivity index (χ2n) is 8.13. The molecular weight excluding hydrogens is 422 g/mol. The largest absolute Gasteiger partial charge is 0.496 e. The van der Waals surface area contributed by atoms with Crippen molar-refractivity contribution in [2.75, 3.05) is 14.2 Å². The Bertz CT molecular complexity index is 1350. The molecule has 0 aliphatic rings. The molecule has 6 heteroatoms. The first-order valence-corrected chi connectivity index (χ1v) is 10.8. The van der Waals surface area contributed by atoms with Crippen LogP contribution in [0.2, 0.25) is 5.02 Å². The fourth-order valence-corrected chi connectivity index (χ4v) is 4.16. The third-order valence-corrected chi connectivity index (χ3v) is 5.81. The summed E-state index contributed by atoms with van der Waals surface area (Å²) < 4.78 is 7.00. The molecule has 0 saturated heterocycles. The van der Waals surface area contributed by atoms with Crippen molar-refractivity contribution in [3.63, 3.8) is 0 Å². The van der Waals surface area contributed by atoms with Gasteiger partial charge in [-0.2, -0.15) is 5.10 Å². The Morgan fingerprint density at radius 3 is 2.53 bits per heavy atom. The number of halogens is 1. The number of nitrogens with zero attached hydrogens (tertiary/aromatic N) is 3. The first kappa shape index (κ1) is 22.1. The van der Waals surface area contributed by atoms with Crippen molar-refractivity contribution in [1.29, 1.82) is 0 Å². The van der Waals surface area contributed by atoms with Crippen LogP contribution in [0.15, 0.2) is 65.5 Å². The molecule has 0 aliphatic heterocycles. The SMILES string of the molecule is COc1ccc(Cl)cc1CN(C)Cn1nc(-c2cc(C)ccc2C)c2ccccc2c1=O. The normalized spacial score (nSPS) is 11.3. The number of aryl methyl sites for hydroxylation is 2. The first-order valence-electron chi connectivity index (χ1n) is 10.5. The minimum Gasteiger partial charge on any atom is -0.496 e. The molecule has 4 rings (SSSR count). The Balaban J connectivity index is 1.77. The van der Waals surface area contributed by atoms with Crippen molar-refractivity contribution in [3.8, 4) is 17.0 Å². The molecule has 3 aromatic carbocycles. The number of benzene rings is 3. The van der Waals surface area contributed by atoms with Crippen LogP contribution in [0, 0.1) is 13.8 Å². The Labute approximate surface area is 192 Å². The summed E-state index contributed by atoms with van der Waals surface area (Å²) >= 11 is 6.18. The fraction of sp³-hybridized carbons (Fsp3) is 0.231. The van der Waals surface area contributed by atoms with Gasteiger partial charge in [0.05, 0.1) is 24.9 Å². The van der Waals surface area contributed by atoms with Crippen LogP contribution in [-0.4, -0.2) is 28.8 Å². The third kappa shape index (κ3) is 4.40. The maximum absolute atomic E-state index is 13.3. The van der Waals surface area contributed by atoms with Crippen molar-refractivity contribution in [3.05, 3.63) is 92.7 Å². The number of methoxy groups -OCH3 is 1. The summed E-state index contributed by atoms with van der Waals surface area (Å²) in [6, 6.07) is 19.5. The van der Waals surface area contributed by atoms with Gasteiger partial charge in [-0.1, -0.05) is 47.5 Å². The van der Waals surface area contributed by atoms with E-state index in [1.54, 1.807) is 13.2 Å². The minimum atomic E-state index is -0.112. The summed E-state index contributed by atoms with van der Waals surface area (Å²) in [7, 11) is 3.58. The van der Waals surface area contributed by atoms with E-state index >= 15 is 0 Å². The van der Waals surface area contributed by atoms with Gasteiger partial charge in [0.15, 0.2) is 0 Å². The van der Waals surface area contributed by atoms with Crippen LogP contribution in [0.3, 0.4) is 0 Å². The molecule has 0 N–H and O–H groups in total. The lowest BCUT2D eigenvalue weighted by atomic mass is 9.99. The zero-order valence-electron chi connectivity index (χ0n) is 18.7. The Morgan fingerprint density at radius 1 is 1.03 bits per heavy atom. The topological polar surface area (TPSA) is 47.4 Å². The third-order valence-electron chi connectivity index (χ3n) is 5.57. The van der Waals surface area contributed by atoms with Crippen molar-refractivity contribution in [2.45, 2.75) is 27.1 Å². The van der Waals surface area contributed by atoms with E-state index in [1.165, 1.54) is 4.68 Å². The van der Waals surface area contributed by atoms with Crippen molar-refractivity contribution < 1.29 is 4.74 Å². The Hall–Kier alpha value is -3.15. The number of aromatic nitrogens is 2. The second kappa shape index (κ2) is 9.15. The second-order valence-corrected chi connectivity index (χ2v) is 8.57. The van der Waals surface area contributed by atoms with Gasteiger partial charge in [0, 0.05) is 28.1 Å². The predicted octanol–water partition coefficient (Wildman–Crippen LogP) is 5.43. The molecule has 0 bridgehead atoms. The summed E-state index contributed by atoms with van der Waals surface area (Å²) in [5.41, 5.74) is 4.96. The van der Waals surface area contributed by atoms with E-state index < -0.39 is 0 Å². The van der Waals surface area contributed by atoms with Gasteiger partial charge in [-0.15, -0.1) is 0 Å². The van der Waals surface area contributed by atoms with Crippen molar-refractivity contribution in [2.24, 2.45) is 0 Å². The van der Waals surface area contributed by atoms with Crippen LogP contribution in [0.25, 0.3) is 22.0 Å². The zero-order chi connectivity index (χ0) is 22.8. The molecule has 0 fully saturated rings. The highest BCUT2D eigenvalue weighted by Gasteiger charge is 2.16.